The van der Waals surface area contributed by atoms with Crippen LogP contribution in [0.5, 0.6) is 0 Å². The van der Waals surface area contributed by atoms with Gasteiger partial charge in [-0.25, -0.2) is 4.39 Å². The molecular weight excluding hydrogens is 290 g/mol. The molecule has 88 valence electrons. The normalized spacial score (nSPS) is 18.9. The molecule has 3 heteroatoms. The number of hydrogen-bond acceptors (Lipinski definition) is 0. The standard InChI is InChI=1S/C13H15BrClF/c14-11-7-10(3-4-12(11)16)8-13(9-15)5-1-2-6-13/h3-4,7H,1-2,5-6,8-9H2. The van der Waals surface area contributed by atoms with Gasteiger partial charge in [0.25, 0.3) is 0 Å². The van der Waals surface area contributed by atoms with E-state index < -0.39 is 0 Å². The first kappa shape index (κ1) is 12.4. The van der Waals surface area contributed by atoms with Crippen molar-refractivity contribution in [1.29, 1.82) is 0 Å². The smallest absolute Gasteiger partial charge is 0.137 e. The van der Waals surface area contributed by atoms with Crippen molar-refractivity contribution in [3.05, 3.63) is 34.1 Å². The van der Waals surface area contributed by atoms with Crippen molar-refractivity contribution in [1.82, 2.24) is 0 Å². The number of benzene rings is 1. The molecule has 0 amide bonds. The Morgan fingerprint density at radius 2 is 2.00 bits per heavy atom. The van der Waals surface area contributed by atoms with Gasteiger partial charge in [0.05, 0.1) is 4.47 Å². The highest BCUT2D eigenvalue weighted by atomic mass is 79.9. The predicted molar refractivity (Wildman–Crippen MR) is 69.4 cm³/mol. The molecule has 0 heterocycles. The van der Waals surface area contributed by atoms with Gasteiger partial charge in [-0.3, -0.25) is 0 Å². The van der Waals surface area contributed by atoms with Crippen LogP contribution in [0.1, 0.15) is 31.2 Å². The minimum atomic E-state index is -0.199. The average Bonchev–Trinajstić information content (AvgIpc) is 2.73. The molecule has 0 saturated heterocycles. The van der Waals surface area contributed by atoms with Gasteiger partial charge in [0.2, 0.25) is 0 Å². The maximum atomic E-state index is 13.1. The Bertz CT molecular complexity index is 372. The van der Waals surface area contributed by atoms with E-state index in [1.807, 2.05) is 12.1 Å². The zero-order valence-corrected chi connectivity index (χ0v) is 11.5. The molecule has 0 radical (unpaired) electrons. The van der Waals surface area contributed by atoms with Gasteiger partial charge in [-0.2, -0.15) is 0 Å². The minimum Gasteiger partial charge on any atom is -0.206 e. The Labute approximate surface area is 109 Å². The van der Waals surface area contributed by atoms with Crippen LogP contribution in [-0.2, 0) is 6.42 Å². The molecule has 0 aliphatic heterocycles. The van der Waals surface area contributed by atoms with Gasteiger partial charge < -0.3 is 0 Å². The highest BCUT2D eigenvalue weighted by Crippen LogP contribution is 2.42. The van der Waals surface area contributed by atoms with Crippen LogP contribution in [0.25, 0.3) is 0 Å². The van der Waals surface area contributed by atoms with E-state index >= 15 is 0 Å². The summed E-state index contributed by atoms with van der Waals surface area (Å²) in [5.74, 6) is 0.511. The van der Waals surface area contributed by atoms with Crippen LogP contribution in [0.4, 0.5) is 4.39 Å². The summed E-state index contributed by atoms with van der Waals surface area (Å²) in [6.45, 7) is 0. The highest BCUT2D eigenvalue weighted by Gasteiger charge is 2.33. The van der Waals surface area contributed by atoms with Crippen molar-refractivity contribution in [2.75, 3.05) is 5.88 Å². The van der Waals surface area contributed by atoms with Crippen LogP contribution in [0.15, 0.2) is 22.7 Å². The second kappa shape index (κ2) is 5.05. The van der Waals surface area contributed by atoms with E-state index in [1.54, 1.807) is 0 Å². The lowest BCUT2D eigenvalue weighted by Gasteiger charge is -2.26. The van der Waals surface area contributed by atoms with Crippen LogP contribution in [0, 0.1) is 11.2 Å². The quantitative estimate of drug-likeness (QED) is 0.695. The molecular formula is C13H15BrClF. The van der Waals surface area contributed by atoms with Gasteiger partial charge in [0, 0.05) is 5.88 Å². The fraction of sp³-hybridized carbons (Fsp3) is 0.538. The number of halogens is 3. The molecule has 0 bridgehead atoms. The van der Waals surface area contributed by atoms with Crippen LogP contribution in [0.3, 0.4) is 0 Å². The Morgan fingerprint density at radius 3 is 2.56 bits per heavy atom. The fourth-order valence-electron chi connectivity index (χ4n) is 2.57. The van der Waals surface area contributed by atoms with Gasteiger partial charge >= 0.3 is 0 Å². The number of alkyl halides is 1. The van der Waals surface area contributed by atoms with Crippen LogP contribution in [0.2, 0.25) is 0 Å². The Balaban J connectivity index is 2.16. The summed E-state index contributed by atoms with van der Waals surface area (Å²) in [6.07, 6.45) is 5.91. The van der Waals surface area contributed by atoms with Gasteiger partial charge in [-0.15, -0.1) is 11.6 Å². The van der Waals surface area contributed by atoms with E-state index in [0.29, 0.717) is 10.4 Å². The SMILES string of the molecule is Fc1ccc(CC2(CCl)CCCC2)cc1Br. The van der Waals surface area contributed by atoms with Crippen molar-refractivity contribution in [2.24, 2.45) is 5.41 Å². The van der Waals surface area contributed by atoms with E-state index in [0.717, 1.165) is 6.42 Å². The van der Waals surface area contributed by atoms with Crippen molar-refractivity contribution in [2.45, 2.75) is 32.1 Å². The van der Waals surface area contributed by atoms with Crippen molar-refractivity contribution >= 4 is 27.5 Å². The number of hydrogen-bond donors (Lipinski definition) is 0. The Hall–Kier alpha value is -0.0800. The summed E-state index contributed by atoms with van der Waals surface area (Å²) in [5.41, 5.74) is 1.43. The van der Waals surface area contributed by atoms with Crippen molar-refractivity contribution in [3.63, 3.8) is 0 Å². The molecule has 1 saturated carbocycles. The molecule has 1 fully saturated rings. The molecule has 1 aromatic rings. The molecule has 0 unspecified atom stereocenters. The predicted octanol–water partition coefficient (Wildman–Crippen LogP) is 4.93. The lowest BCUT2D eigenvalue weighted by Crippen LogP contribution is -2.21. The highest BCUT2D eigenvalue weighted by molar-refractivity contribution is 9.10. The van der Waals surface area contributed by atoms with Crippen LogP contribution in [-0.4, -0.2) is 5.88 Å². The third kappa shape index (κ3) is 2.60. The summed E-state index contributed by atoms with van der Waals surface area (Å²) < 4.78 is 13.7. The lowest BCUT2D eigenvalue weighted by molar-refractivity contribution is 0.341. The van der Waals surface area contributed by atoms with E-state index in [4.69, 9.17) is 11.6 Å². The first-order valence-electron chi connectivity index (χ1n) is 5.65. The summed E-state index contributed by atoms with van der Waals surface area (Å²) in [5, 5.41) is 0. The fourth-order valence-corrected chi connectivity index (χ4v) is 3.35. The van der Waals surface area contributed by atoms with Gasteiger partial charge in [-0.1, -0.05) is 18.9 Å². The molecule has 1 aromatic carbocycles. The summed E-state index contributed by atoms with van der Waals surface area (Å²) >= 11 is 9.33. The maximum Gasteiger partial charge on any atom is 0.137 e. The average molecular weight is 306 g/mol. The molecule has 0 spiro atoms. The van der Waals surface area contributed by atoms with Crippen LogP contribution < -0.4 is 0 Å². The van der Waals surface area contributed by atoms with Crippen molar-refractivity contribution < 1.29 is 4.39 Å². The molecule has 0 aromatic heterocycles. The third-order valence-corrected chi connectivity index (χ3v) is 4.69. The maximum absolute atomic E-state index is 13.1. The largest absolute Gasteiger partial charge is 0.206 e. The zero-order valence-electron chi connectivity index (χ0n) is 9.11. The molecule has 1 aliphatic rings. The van der Waals surface area contributed by atoms with E-state index in [9.17, 15) is 4.39 Å². The summed E-state index contributed by atoms with van der Waals surface area (Å²) in [4.78, 5) is 0. The molecule has 0 nitrogen and oxygen atoms in total. The second-order valence-corrected chi connectivity index (χ2v) is 5.89. The Kier molecular flexibility index (Phi) is 3.91. The van der Waals surface area contributed by atoms with Crippen molar-refractivity contribution in [3.8, 4) is 0 Å². The summed E-state index contributed by atoms with van der Waals surface area (Å²) in [7, 11) is 0. The van der Waals surface area contributed by atoms with Crippen LogP contribution >= 0.6 is 27.5 Å². The zero-order chi connectivity index (χ0) is 11.6. The second-order valence-electron chi connectivity index (χ2n) is 4.77. The number of rotatable bonds is 3. The van der Waals surface area contributed by atoms with E-state index in [-0.39, 0.29) is 11.2 Å². The lowest BCUT2D eigenvalue weighted by atomic mass is 9.82. The summed E-state index contributed by atoms with van der Waals surface area (Å²) in [6, 6.07) is 5.27. The Morgan fingerprint density at radius 1 is 1.31 bits per heavy atom. The topological polar surface area (TPSA) is 0 Å². The van der Waals surface area contributed by atoms with Gasteiger partial charge in [0.15, 0.2) is 0 Å². The molecule has 0 atom stereocenters. The van der Waals surface area contributed by atoms with Gasteiger partial charge in [-0.05, 0) is 58.3 Å². The first-order chi connectivity index (χ1) is 7.65. The molecule has 16 heavy (non-hydrogen) atoms. The molecule has 1 aliphatic carbocycles. The molecule has 2 rings (SSSR count). The minimum absolute atomic E-state index is 0.199. The first-order valence-corrected chi connectivity index (χ1v) is 6.98. The van der Waals surface area contributed by atoms with Gasteiger partial charge in [0.1, 0.15) is 5.82 Å². The third-order valence-electron chi connectivity index (χ3n) is 3.51. The monoisotopic (exact) mass is 304 g/mol. The van der Waals surface area contributed by atoms with E-state index in [1.165, 1.54) is 37.3 Å². The molecule has 0 N–H and O–H groups in total. The van der Waals surface area contributed by atoms with E-state index in [2.05, 4.69) is 15.9 Å².